The second kappa shape index (κ2) is 10.9. The summed E-state index contributed by atoms with van der Waals surface area (Å²) in [5.41, 5.74) is 2.08. The van der Waals surface area contributed by atoms with Crippen molar-refractivity contribution >= 4 is 22.9 Å². The molecule has 2 aliphatic rings. The fourth-order valence-corrected chi connectivity index (χ4v) is 5.69. The van der Waals surface area contributed by atoms with E-state index in [1.165, 1.54) is 16.9 Å². The molecule has 0 aromatic carbocycles. The highest BCUT2D eigenvalue weighted by Crippen LogP contribution is 2.40. The number of aliphatic hydroxyl groups is 4. The van der Waals surface area contributed by atoms with Gasteiger partial charge < -0.3 is 25.2 Å². The van der Waals surface area contributed by atoms with Gasteiger partial charge in [-0.2, -0.15) is 0 Å². The van der Waals surface area contributed by atoms with E-state index in [0.29, 0.717) is 33.9 Å². The average molecular weight is 475 g/mol. The lowest BCUT2D eigenvalue weighted by Gasteiger charge is -2.39. The normalized spacial score (nSPS) is 33.3. The van der Waals surface area contributed by atoms with Gasteiger partial charge in [-0.3, -0.25) is 0 Å². The Morgan fingerprint density at radius 3 is 2.71 bits per heavy atom. The molecule has 7 atom stereocenters. The average Bonchev–Trinajstić information content (AvgIpc) is 3.11. The van der Waals surface area contributed by atoms with Crippen LogP contribution in [0.25, 0.3) is 0 Å². The second-order valence-electron chi connectivity index (χ2n) is 8.82. The van der Waals surface area contributed by atoms with Gasteiger partial charge in [-0.15, -0.1) is 11.3 Å². The maximum atomic E-state index is 13.2. The van der Waals surface area contributed by atoms with Crippen LogP contribution in [0, 0.1) is 11.8 Å². The van der Waals surface area contributed by atoms with Gasteiger partial charge in [0, 0.05) is 4.88 Å². The van der Waals surface area contributed by atoms with E-state index >= 15 is 0 Å². The Hall–Kier alpha value is -0.800. The Morgan fingerprint density at radius 1 is 1.32 bits per heavy atom. The first-order valence-corrected chi connectivity index (χ1v) is 12.0. The third-order valence-electron chi connectivity index (χ3n) is 6.46. The molecule has 3 unspecified atom stereocenters. The molecule has 5 nitrogen and oxygen atoms in total. The van der Waals surface area contributed by atoms with Crippen molar-refractivity contribution in [2.45, 2.75) is 76.5 Å². The van der Waals surface area contributed by atoms with Gasteiger partial charge in [0.1, 0.15) is 30.5 Å². The Kier molecular flexibility index (Phi) is 8.72. The molecule has 8 heteroatoms. The number of thiophene rings is 1. The number of rotatable bonds is 7. The van der Waals surface area contributed by atoms with Crippen LogP contribution < -0.4 is 0 Å². The maximum absolute atomic E-state index is 13.2. The van der Waals surface area contributed by atoms with E-state index < -0.39 is 37.1 Å². The predicted molar refractivity (Wildman–Crippen MR) is 120 cm³/mol. The molecule has 4 N–H and O–H groups in total. The molecule has 1 aliphatic carbocycles. The largest absolute Gasteiger partial charge is 0.394 e. The van der Waals surface area contributed by atoms with Crippen LogP contribution in [0.4, 0.5) is 4.39 Å². The summed E-state index contributed by atoms with van der Waals surface area (Å²) in [6, 6.07) is 1.86. The number of hydrogen-bond donors (Lipinski definition) is 4. The van der Waals surface area contributed by atoms with E-state index in [2.05, 4.69) is 19.9 Å². The van der Waals surface area contributed by atoms with Gasteiger partial charge in [-0.25, -0.2) is 4.39 Å². The Bertz CT molecular complexity index is 808. The van der Waals surface area contributed by atoms with Crippen molar-refractivity contribution < 1.29 is 29.6 Å². The molecule has 174 valence electrons. The standard InChI is InChI=1S/C23H32ClFO5S/c1-12(3-4-13(2)14-5-7-16(25)8-6-14)9-15-10-18(31-23(15)24)22-21(29)20(28)19(27)17(11-26)30-22/h3,7,10,13-14,17,19-22,26-29H,4-6,8-9,11H2,1-2H3/b12-3+/t13?,14?,17-,19-,20?,21-,22+/m1/s1. The van der Waals surface area contributed by atoms with Gasteiger partial charge >= 0.3 is 0 Å². The summed E-state index contributed by atoms with van der Waals surface area (Å²) in [5.74, 6) is 0.991. The summed E-state index contributed by atoms with van der Waals surface area (Å²) in [5, 5.41) is 39.7. The van der Waals surface area contributed by atoms with Gasteiger partial charge in [-0.05, 0) is 62.5 Å². The molecule has 0 spiro atoms. The van der Waals surface area contributed by atoms with Crippen LogP contribution in [0.2, 0.25) is 4.34 Å². The van der Waals surface area contributed by atoms with E-state index in [0.717, 1.165) is 24.8 Å². The first kappa shape index (κ1) is 24.8. The summed E-state index contributed by atoms with van der Waals surface area (Å²) in [6.07, 6.45) is 1.83. The van der Waals surface area contributed by atoms with Gasteiger partial charge in [0.05, 0.1) is 16.8 Å². The summed E-state index contributed by atoms with van der Waals surface area (Å²) in [6.45, 7) is 3.80. The van der Waals surface area contributed by atoms with Crippen molar-refractivity contribution in [1.82, 2.24) is 0 Å². The van der Waals surface area contributed by atoms with Crippen LogP contribution in [0.5, 0.6) is 0 Å². The molecule has 1 aromatic heterocycles. The Labute approximate surface area is 191 Å². The van der Waals surface area contributed by atoms with Crippen LogP contribution in [0.15, 0.2) is 29.6 Å². The first-order valence-electron chi connectivity index (χ1n) is 10.8. The van der Waals surface area contributed by atoms with Crippen molar-refractivity contribution in [3.63, 3.8) is 0 Å². The molecule has 0 amide bonds. The molecule has 1 fully saturated rings. The molecule has 0 radical (unpaired) electrons. The Morgan fingerprint density at radius 2 is 2.06 bits per heavy atom. The van der Waals surface area contributed by atoms with Crippen LogP contribution >= 0.6 is 22.9 Å². The van der Waals surface area contributed by atoms with E-state index in [1.807, 2.05) is 6.07 Å². The highest BCUT2D eigenvalue weighted by Gasteiger charge is 2.44. The van der Waals surface area contributed by atoms with Crippen LogP contribution in [0.1, 0.15) is 56.1 Å². The first-order chi connectivity index (χ1) is 14.7. The van der Waals surface area contributed by atoms with Gasteiger partial charge in [0.25, 0.3) is 0 Å². The topological polar surface area (TPSA) is 90.2 Å². The zero-order valence-corrected chi connectivity index (χ0v) is 19.4. The number of ether oxygens (including phenoxy) is 1. The Balaban J connectivity index is 1.63. The molecule has 3 rings (SSSR count). The zero-order valence-electron chi connectivity index (χ0n) is 17.9. The highest BCUT2D eigenvalue weighted by molar-refractivity contribution is 7.16. The summed E-state index contributed by atoms with van der Waals surface area (Å²) < 4.78 is 19.5. The highest BCUT2D eigenvalue weighted by atomic mass is 35.5. The second-order valence-corrected chi connectivity index (χ2v) is 10.5. The van der Waals surface area contributed by atoms with Crippen LogP contribution in [-0.2, 0) is 11.2 Å². The van der Waals surface area contributed by atoms with Crippen molar-refractivity contribution in [3.8, 4) is 0 Å². The summed E-state index contributed by atoms with van der Waals surface area (Å²) in [7, 11) is 0. The zero-order chi connectivity index (χ0) is 22.7. The fraction of sp³-hybridized carbons (Fsp3) is 0.652. The monoisotopic (exact) mass is 474 g/mol. The SMILES string of the molecule is C/C(=C\CC(C)C1CC=C(F)CC1)Cc1cc([C@@H]2O[C@H](CO)[C@@H](O)C(O)[C@H]2O)sc1Cl. The number of aliphatic hydroxyl groups excluding tert-OH is 4. The van der Waals surface area contributed by atoms with E-state index in [-0.39, 0.29) is 5.83 Å². The van der Waals surface area contributed by atoms with Crippen LogP contribution in [0.3, 0.4) is 0 Å². The van der Waals surface area contributed by atoms with Gasteiger partial charge in [0.15, 0.2) is 0 Å². The molecule has 1 saturated heterocycles. The summed E-state index contributed by atoms with van der Waals surface area (Å²) >= 11 is 7.71. The third kappa shape index (κ3) is 5.96. The smallest absolute Gasteiger partial charge is 0.121 e. The van der Waals surface area contributed by atoms with E-state index in [9.17, 15) is 24.8 Å². The number of allylic oxidation sites excluding steroid dienone is 4. The molecule has 0 bridgehead atoms. The van der Waals surface area contributed by atoms with Crippen molar-refractivity contribution in [1.29, 1.82) is 0 Å². The maximum Gasteiger partial charge on any atom is 0.121 e. The minimum Gasteiger partial charge on any atom is -0.394 e. The quantitative estimate of drug-likeness (QED) is 0.447. The summed E-state index contributed by atoms with van der Waals surface area (Å²) in [4.78, 5) is 0.647. The fourth-order valence-electron chi connectivity index (χ4n) is 4.32. The van der Waals surface area contributed by atoms with E-state index in [1.54, 1.807) is 6.08 Å². The molecular formula is C23H32ClFO5S. The van der Waals surface area contributed by atoms with Gasteiger partial charge in [0.2, 0.25) is 0 Å². The van der Waals surface area contributed by atoms with Crippen molar-refractivity contribution in [2.24, 2.45) is 11.8 Å². The van der Waals surface area contributed by atoms with Crippen LogP contribution in [-0.4, -0.2) is 51.4 Å². The van der Waals surface area contributed by atoms with Crippen molar-refractivity contribution in [2.75, 3.05) is 6.61 Å². The number of hydrogen-bond acceptors (Lipinski definition) is 6. The minimum atomic E-state index is -1.41. The third-order valence-corrected chi connectivity index (χ3v) is 7.96. The minimum absolute atomic E-state index is 0.0116. The predicted octanol–water partition coefficient (Wildman–Crippen LogP) is 4.08. The molecule has 1 aliphatic heterocycles. The van der Waals surface area contributed by atoms with Gasteiger partial charge in [-0.1, -0.05) is 36.2 Å². The number of halogens is 2. The molecule has 2 heterocycles. The lowest BCUT2D eigenvalue weighted by atomic mass is 9.81. The lowest BCUT2D eigenvalue weighted by molar-refractivity contribution is -0.230. The molecule has 1 aromatic rings. The molecular weight excluding hydrogens is 443 g/mol. The molecule has 31 heavy (non-hydrogen) atoms. The lowest BCUT2D eigenvalue weighted by Crippen LogP contribution is -2.55. The van der Waals surface area contributed by atoms with E-state index in [4.69, 9.17) is 16.3 Å². The molecule has 0 saturated carbocycles. The van der Waals surface area contributed by atoms with Crippen molar-refractivity contribution in [3.05, 3.63) is 44.4 Å².